The van der Waals surface area contributed by atoms with Crippen LogP contribution in [0, 0.1) is 0 Å². The molecule has 0 spiro atoms. The second-order valence-corrected chi connectivity index (χ2v) is 6.32. The van der Waals surface area contributed by atoms with Gasteiger partial charge >= 0.3 is 12.7 Å². The smallest absolute Gasteiger partial charge is 0.265 e. The number of rotatable bonds is 4. The molecule has 1 aliphatic rings. The standard InChI is InChI=1S/C11H11ClF5N3OS/c1-10(2)3-6(19-21-10)22-4-5-7(11(15,16)17)18-20(8(5)12)9(13)14/h3,9,19H,4H2,1-2H3. The van der Waals surface area contributed by atoms with Gasteiger partial charge < -0.3 is 0 Å². The van der Waals surface area contributed by atoms with Crippen molar-refractivity contribution in [2.75, 3.05) is 0 Å². The molecule has 0 saturated heterocycles. The van der Waals surface area contributed by atoms with Crippen LogP contribution in [-0.2, 0) is 16.8 Å². The van der Waals surface area contributed by atoms with E-state index < -0.39 is 34.7 Å². The lowest BCUT2D eigenvalue weighted by Crippen LogP contribution is -2.20. The number of nitrogens with one attached hydrogen (secondary N) is 1. The number of hydrogen-bond acceptors (Lipinski definition) is 4. The number of thioether (sulfide) groups is 1. The lowest BCUT2D eigenvalue weighted by Gasteiger charge is -2.11. The zero-order valence-electron chi connectivity index (χ0n) is 11.3. The average Bonchev–Trinajstić information content (AvgIpc) is 2.86. The molecule has 0 aromatic carbocycles. The van der Waals surface area contributed by atoms with Gasteiger partial charge in [-0.05, 0) is 19.9 Å². The Morgan fingerprint density at radius 1 is 1.45 bits per heavy atom. The Labute approximate surface area is 131 Å². The van der Waals surface area contributed by atoms with Crippen molar-refractivity contribution in [1.29, 1.82) is 0 Å². The van der Waals surface area contributed by atoms with Gasteiger partial charge in [0.05, 0.1) is 5.03 Å². The molecule has 0 bridgehead atoms. The van der Waals surface area contributed by atoms with E-state index in [1.165, 1.54) is 0 Å². The Morgan fingerprint density at radius 2 is 2.09 bits per heavy atom. The molecule has 1 N–H and O–H groups in total. The van der Waals surface area contributed by atoms with Crippen LogP contribution in [0.5, 0.6) is 0 Å². The minimum Gasteiger partial charge on any atom is -0.265 e. The second-order valence-electron chi connectivity index (χ2n) is 4.94. The van der Waals surface area contributed by atoms with E-state index >= 15 is 0 Å². The first-order valence-electron chi connectivity index (χ1n) is 5.93. The first-order valence-corrected chi connectivity index (χ1v) is 7.29. The van der Waals surface area contributed by atoms with Gasteiger partial charge in [-0.1, -0.05) is 11.6 Å². The van der Waals surface area contributed by atoms with E-state index in [2.05, 4.69) is 10.6 Å². The minimum absolute atomic E-state index is 0.142. The molecule has 2 heterocycles. The van der Waals surface area contributed by atoms with Crippen LogP contribution in [-0.4, -0.2) is 15.4 Å². The van der Waals surface area contributed by atoms with Gasteiger partial charge in [-0.3, -0.25) is 10.3 Å². The molecule has 0 aliphatic carbocycles. The molecular weight excluding hydrogens is 353 g/mol. The molecule has 1 aliphatic heterocycles. The molecule has 0 saturated carbocycles. The van der Waals surface area contributed by atoms with Crippen LogP contribution in [0.25, 0.3) is 0 Å². The van der Waals surface area contributed by atoms with E-state index in [0.29, 0.717) is 5.03 Å². The summed E-state index contributed by atoms with van der Waals surface area (Å²) >= 11 is 6.56. The molecule has 0 fully saturated rings. The fraction of sp³-hybridized carbons (Fsp3) is 0.545. The predicted octanol–water partition coefficient (Wildman–Crippen LogP) is 4.34. The Balaban J connectivity index is 2.26. The van der Waals surface area contributed by atoms with Gasteiger partial charge in [-0.2, -0.15) is 31.7 Å². The number of hydroxylamine groups is 1. The van der Waals surface area contributed by atoms with E-state index in [4.69, 9.17) is 16.4 Å². The molecule has 1 aromatic rings. The molecule has 0 unspecified atom stereocenters. The molecule has 11 heteroatoms. The average molecular weight is 364 g/mol. The highest BCUT2D eigenvalue weighted by atomic mass is 35.5. The zero-order valence-corrected chi connectivity index (χ0v) is 12.9. The quantitative estimate of drug-likeness (QED) is 0.808. The maximum absolute atomic E-state index is 12.9. The summed E-state index contributed by atoms with van der Waals surface area (Å²) in [6, 6.07) is 0. The zero-order chi connectivity index (χ0) is 16.7. The maximum Gasteiger partial charge on any atom is 0.435 e. The number of hydrogen-bond donors (Lipinski definition) is 1. The number of aromatic nitrogens is 2. The van der Waals surface area contributed by atoms with E-state index in [1.54, 1.807) is 19.9 Å². The SMILES string of the molecule is CC1(C)C=C(SCc2c(C(F)(F)F)nn(C(F)F)c2Cl)NO1. The summed E-state index contributed by atoms with van der Waals surface area (Å²) in [7, 11) is 0. The summed E-state index contributed by atoms with van der Waals surface area (Å²) in [5, 5.41) is 2.62. The molecule has 0 atom stereocenters. The summed E-state index contributed by atoms with van der Waals surface area (Å²) < 4.78 is 63.8. The fourth-order valence-electron chi connectivity index (χ4n) is 1.71. The predicted molar refractivity (Wildman–Crippen MR) is 71.2 cm³/mol. The maximum atomic E-state index is 12.9. The van der Waals surface area contributed by atoms with Crippen LogP contribution in [0.3, 0.4) is 0 Å². The highest BCUT2D eigenvalue weighted by Gasteiger charge is 2.40. The third kappa shape index (κ3) is 3.66. The van der Waals surface area contributed by atoms with Crippen LogP contribution in [0.2, 0.25) is 5.15 Å². The highest BCUT2D eigenvalue weighted by molar-refractivity contribution is 8.02. The molecule has 1 aromatic heterocycles. The van der Waals surface area contributed by atoms with Crippen molar-refractivity contribution in [3.05, 3.63) is 27.5 Å². The number of alkyl halides is 5. The van der Waals surface area contributed by atoms with Crippen molar-refractivity contribution in [2.24, 2.45) is 0 Å². The minimum atomic E-state index is -4.87. The van der Waals surface area contributed by atoms with Crippen LogP contribution in [0.4, 0.5) is 22.0 Å². The summed E-state index contributed by atoms with van der Waals surface area (Å²) in [5.41, 5.74) is 0.0372. The molecule has 22 heavy (non-hydrogen) atoms. The van der Waals surface area contributed by atoms with Crippen molar-refractivity contribution >= 4 is 23.4 Å². The van der Waals surface area contributed by atoms with Crippen LogP contribution in [0.1, 0.15) is 31.7 Å². The van der Waals surface area contributed by atoms with Gasteiger partial charge in [0, 0.05) is 11.3 Å². The highest BCUT2D eigenvalue weighted by Crippen LogP contribution is 2.39. The Morgan fingerprint density at radius 3 is 2.55 bits per heavy atom. The van der Waals surface area contributed by atoms with Crippen LogP contribution < -0.4 is 5.48 Å². The Hall–Kier alpha value is -1.00. The summed E-state index contributed by atoms with van der Waals surface area (Å²) in [5.74, 6) is -0.279. The lowest BCUT2D eigenvalue weighted by atomic mass is 10.1. The first kappa shape index (κ1) is 17.4. The van der Waals surface area contributed by atoms with Crippen LogP contribution >= 0.6 is 23.4 Å². The normalized spacial score (nSPS) is 17.8. The summed E-state index contributed by atoms with van der Waals surface area (Å²) in [6.07, 6.45) is -3.21. The summed E-state index contributed by atoms with van der Waals surface area (Å²) in [6.45, 7) is 0.242. The Bertz CT molecular complexity index is 599. The van der Waals surface area contributed by atoms with Gasteiger partial charge in [0.25, 0.3) is 0 Å². The van der Waals surface area contributed by atoms with Gasteiger partial charge in [-0.15, -0.1) is 11.8 Å². The molecule has 4 nitrogen and oxygen atoms in total. The number of halogens is 6. The lowest BCUT2D eigenvalue weighted by molar-refractivity contribution is -0.142. The van der Waals surface area contributed by atoms with Gasteiger partial charge in [0.15, 0.2) is 5.69 Å². The van der Waals surface area contributed by atoms with E-state index in [9.17, 15) is 22.0 Å². The van der Waals surface area contributed by atoms with E-state index in [-0.39, 0.29) is 10.4 Å². The number of nitrogens with zero attached hydrogens (tertiary/aromatic N) is 2. The van der Waals surface area contributed by atoms with Crippen molar-refractivity contribution in [3.63, 3.8) is 0 Å². The third-order valence-corrected chi connectivity index (χ3v) is 4.01. The van der Waals surface area contributed by atoms with Crippen molar-refractivity contribution in [2.45, 2.75) is 37.9 Å². The third-order valence-electron chi connectivity index (χ3n) is 2.66. The van der Waals surface area contributed by atoms with E-state index in [0.717, 1.165) is 11.8 Å². The van der Waals surface area contributed by atoms with E-state index in [1.807, 2.05) is 0 Å². The molecular formula is C11H11ClF5N3OS. The van der Waals surface area contributed by atoms with Crippen LogP contribution in [0.15, 0.2) is 11.1 Å². The Kier molecular flexibility index (Phi) is 4.65. The first-order chi connectivity index (χ1) is 10.0. The summed E-state index contributed by atoms with van der Waals surface area (Å²) in [4.78, 5) is 5.15. The van der Waals surface area contributed by atoms with Crippen molar-refractivity contribution < 1.29 is 26.8 Å². The molecule has 0 radical (unpaired) electrons. The van der Waals surface area contributed by atoms with Gasteiger partial charge in [-0.25, -0.2) is 0 Å². The molecule has 2 rings (SSSR count). The second kappa shape index (κ2) is 5.89. The fourth-order valence-corrected chi connectivity index (χ4v) is 3.10. The van der Waals surface area contributed by atoms with Crippen molar-refractivity contribution in [1.82, 2.24) is 15.3 Å². The van der Waals surface area contributed by atoms with Gasteiger partial charge in [0.1, 0.15) is 10.8 Å². The van der Waals surface area contributed by atoms with Gasteiger partial charge in [0.2, 0.25) is 0 Å². The molecule has 0 amide bonds. The topological polar surface area (TPSA) is 39.1 Å². The monoisotopic (exact) mass is 363 g/mol. The van der Waals surface area contributed by atoms with Crippen molar-refractivity contribution in [3.8, 4) is 0 Å². The molecule has 124 valence electrons. The largest absolute Gasteiger partial charge is 0.435 e.